The third kappa shape index (κ3) is 3.74. The monoisotopic (exact) mass is 368 g/mol. The Kier molecular flexibility index (Phi) is 4.69. The highest BCUT2D eigenvalue weighted by molar-refractivity contribution is 5.52. The van der Waals surface area contributed by atoms with E-state index in [9.17, 15) is 15.0 Å². The largest absolute Gasteiger partial charge is 0.504 e. The molecule has 0 saturated carbocycles. The van der Waals surface area contributed by atoms with Crippen molar-refractivity contribution in [2.75, 3.05) is 18.4 Å². The van der Waals surface area contributed by atoms with E-state index in [1.54, 1.807) is 30.7 Å². The normalized spacial score (nSPS) is 20.6. The second kappa shape index (κ2) is 7.29. The van der Waals surface area contributed by atoms with Crippen LogP contribution in [0.2, 0.25) is 0 Å². The fraction of sp³-hybridized carbons (Fsp3) is 0.333. The molecule has 1 aliphatic rings. The summed E-state index contributed by atoms with van der Waals surface area (Å²) in [5.41, 5.74) is 0.550. The van der Waals surface area contributed by atoms with Gasteiger partial charge in [-0.05, 0) is 24.6 Å². The number of fused-ring (bicyclic) bond motifs is 1. The van der Waals surface area contributed by atoms with Crippen molar-refractivity contribution in [1.82, 2.24) is 24.3 Å². The summed E-state index contributed by atoms with van der Waals surface area (Å²) in [6.45, 7) is 1.58. The molecule has 140 valence electrons. The number of hydrogen-bond acceptors (Lipinski definition) is 8. The highest BCUT2D eigenvalue weighted by atomic mass is 16.3. The smallest absolute Gasteiger partial charge is 0.258 e. The van der Waals surface area contributed by atoms with Crippen LogP contribution in [-0.2, 0) is 6.54 Å². The van der Waals surface area contributed by atoms with Crippen LogP contribution in [0.5, 0.6) is 5.75 Å². The topological polar surface area (TPSA) is 116 Å². The number of aromatic hydroxyl groups is 1. The van der Waals surface area contributed by atoms with Crippen LogP contribution < -0.4 is 10.9 Å². The minimum absolute atomic E-state index is 0.0396. The Balaban J connectivity index is 1.45. The molecule has 3 aromatic heterocycles. The molecule has 27 heavy (non-hydrogen) atoms. The van der Waals surface area contributed by atoms with Crippen molar-refractivity contribution in [2.24, 2.45) is 0 Å². The number of β-amino-alcohol motifs (C(OH)–C–C–N with tert-alkyl or cyclic N) is 1. The number of aliphatic hydroxyl groups is 1. The summed E-state index contributed by atoms with van der Waals surface area (Å²) in [5.74, 6) is 0.456. The second-order valence-corrected chi connectivity index (χ2v) is 6.59. The van der Waals surface area contributed by atoms with E-state index in [4.69, 9.17) is 0 Å². The van der Waals surface area contributed by atoms with Gasteiger partial charge in [0.25, 0.3) is 5.56 Å². The van der Waals surface area contributed by atoms with Crippen LogP contribution in [0.25, 0.3) is 5.65 Å². The number of pyridine rings is 1. The molecular formula is C18H20N6O3. The highest BCUT2D eigenvalue weighted by Crippen LogP contribution is 2.18. The lowest BCUT2D eigenvalue weighted by Crippen LogP contribution is -2.49. The Morgan fingerprint density at radius 2 is 2.07 bits per heavy atom. The van der Waals surface area contributed by atoms with Gasteiger partial charge in [-0.3, -0.25) is 14.1 Å². The van der Waals surface area contributed by atoms with E-state index in [0.29, 0.717) is 31.2 Å². The van der Waals surface area contributed by atoms with Crippen LogP contribution in [0, 0.1) is 0 Å². The van der Waals surface area contributed by atoms with Gasteiger partial charge in [-0.2, -0.15) is 0 Å². The number of aromatic nitrogens is 4. The molecule has 9 nitrogen and oxygen atoms in total. The number of aliphatic hydroxyl groups excluding tert-OH is 1. The van der Waals surface area contributed by atoms with Gasteiger partial charge in [-0.1, -0.05) is 0 Å². The number of piperidine rings is 1. The van der Waals surface area contributed by atoms with Crippen LogP contribution in [0.1, 0.15) is 12.1 Å². The first-order chi connectivity index (χ1) is 13.1. The van der Waals surface area contributed by atoms with E-state index in [-0.39, 0.29) is 23.0 Å². The molecule has 0 unspecified atom stereocenters. The van der Waals surface area contributed by atoms with Gasteiger partial charge in [0.15, 0.2) is 11.4 Å². The van der Waals surface area contributed by atoms with Crippen molar-refractivity contribution < 1.29 is 10.2 Å². The average molecular weight is 368 g/mol. The minimum atomic E-state index is -0.600. The Morgan fingerprint density at radius 3 is 2.85 bits per heavy atom. The first-order valence-electron chi connectivity index (χ1n) is 8.74. The summed E-state index contributed by atoms with van der Waals surface area (Å²) in [7, 11) is 0. The number of likely N-dealkylation sites (tertiary alicyclic amines) is 1. The van der Waals surface area contributed by atoms with Crippen LogP contribution in [-0.4, -0.2) is 59.7 Å². The number of nitrogens with zero attached hydrogens (tertiary/aromatic N) is 5. The zero-order valence-corrected chi connectivity index (χ0v) is 14.6. The average Bonchev–Trinajstić information content (AvgIpc) is 2.66. The van der Waals surface area contributed by atoms with Crippen molar-refractivity contribution in [3.05, 3.63) is 58.9 Å². The first kappa shape index (κ1) is 17.4. The van der Waals surface area contributed by atoms with Crippen molar-refractivity contribution in [3.63, 3.8) is 0 Å². The van der Waals surface area contributed by atoms with Gasteiger partial charge < -0.3 is 15.5 Å². The summed E-state index contributed by atoms with van der Waals surface area (Å²) in [4.78, 5) is 26.9. The molecular weight excluding hydrogens is 348 g/mol. The van der Waals surface area contributed by atoms with Crippen molar-refractivity contribution in [2.45, 2.75) is 25.1 Å². The summed E-state index contributed by atoms with van der Waals surface area (Å²) >= 11 is 0. The van der Waals surface area contributed by atoms with Crippen molar-refractivity contribution in [1.29, 1.82) is 0 Å². The molecule has 0 aromatic carbocycles. The maximum absolute atomic E-state index is 12.2. The van der Waals surface area contributed by atoms with Gasteiger partial charge in [-0.15, -0.1) is 0 Å². The molecule has 4 rings (SSSR count). The number of nitrogens with one attached hydrogen (secondary N) is 1. The molecule has 0 radical (unpaired) electrons. The van der Waals surface area contributed by atoms with Crippen LogP contribution in [0.3, 0.4) is 0 Å². The molecule has 3 N–H and O–H groups in total. The third-order valence-corrected chi connectivity index (χ3v) is 4.66. The van der Waals surface area contributed by atoms with E-state index in [1.165, 1.54) is 16.5 Å². The summed E-state index contributed by atoms with van der Waals surface area (Å²) < 4.78 is 1.31. The molecule has 0 spiro atoms. The van der Waals surface area contributed by atoms with E-state index >= 15 is 0 Å². The summed E-state index contributed by atoms with van der Waals surface area (Å²) in [6, 6.07) is 6.15. The maximum Gasteiger partial charge on any atom is 0.258 e. The van der Waals surface area contributed by atoms with Crippen molar-refractivity contribution >= 4 is 11.6 Å². The molecule has 4 heterocycles. The Hall–Kier alpha value is -3.04. The third-order valence-electron chi connectivity index (χ3n) is 4.66. The quantitative estimate of drug-likeness (QED) is 0.600. The zero-order chi connectivity index (χ0) is 18.8. The lowest BCUT2D eigenvalue weighted by molar-refractivity contribution is 0.0553. The Bertz CT molecular complexity index is 993. The van der Waals surface area contributed by atoms with Gasteiger partial charge in [0.2, 0.25) is 5.95 Å². The Morgan fingerprint density at radius 1 is 1.26 bits per heavy atom. The highest BCUT2D eigenvalue weighted by Gasteiger charge is 2.28. The predicted molar refractivity (Wildman–Crippen MR) is 98.5 cm³/mol. The SMILES string of the molecule is O=c1cc(CN2CC[C@@H](Nc3ncccn3)[C@H](O)C2)nc2c(O)cccn12. The lowest BCUT2D eigenvalue weighted by atomic mass is 10.0. The predicted octanol–water partition coefficient (Wildman–Crippen LogP) is 0.237. The number of anilines is 1. The van der Waals surface area contributed by atoms with E-state index < -0.39 is 6.10 Å². The van der Waals surface area contributed by atoms with E-state index in [0.717, 1.165) is 6.54 Å². The summed E-state index contributed by atoms with van der Waals surface area (Å²) in [5, 5.41) is 23.6. The standard InChI is InChI=1S/C18H20N6O3/c25-14-3-1-7-24-16(27)9-12(21-17(14)24)10-23-8-4-13(15(26)11-23)22-18-19-5-2-6-20-18/h1-3,5-7,9,13,15,25-26H,4,8,10-11H2,(H,19,20,22)/t13-,15-/m1/s1. The number of rotatable bonds is 4. The molecule has 0 aliphatic carbocycles. The fourth-order valence-corrected chi connectivity index (χ4v) is 3.32. The van der Waals surface area contributed by atoms with Gasteiger partial charge in [-0.25, -0.2) is 15.0 Å². The van der Waals surface area contributed by atoms with Gasteiger partial charge in [0, 0.05) is 44.3 Å². The molecule has 0 bridgehead atoms. The fourth-order valence-electron chi connectivity index (χ4n) is 3.32. The van der Waals surface area contributed by atoms with Crippen LogP contribution in [0.15, 0.2) is 47.7 Å². The molecule has 1 aliphatic heterocycles. The zero-order valence-electron chi connectivity index (χ0n) is 14.6. The second-order valence-electron chi connectivity index (χ2n) is 6.59. The van der Waals surface area contributed by atoms with Gasteiger partial charge in [0.05, 0.1) is 17.8 Å². The van der Waals surface area contributed by atoms with Crippen LogP contribution in [0.4, 0.5) is 5.95 Å². The van der Waals surface area contributed by atoms with Crippen molar-refractivity contribution in [3.8, 4) is 5.75 Å². The number of hydrogen-bond donors (Lipinski definition) is 3. The van der Waals surface area contributed by atoms with Gasteiger partial charge >= 0.3 is 0 Å². The van der Waals surface area contributed by atoms with Gasteiger partial charge in [0.1, 0.15) is 0 Å². The minimum Gasteiger partial charge on any atom is -0.504 e. The lowest BCUT2D eigenvalue weighted by Gasteiger charge is -2.36. The molecule has 1 saturated heterocycles. The van der Waals surface area contributed by atoms with Crippen LogP contribution >= 0.6 is 0 Å². The molecule has 0 amide bonds. The van der Waals surface area contributed by atoms with E-state index in [2.05, 4.69) is 20.3 Å². The Labute approximate surface area is 155 Å². The first-order valence-corrected chi connectivity index (χ1v) is 8.74. The summed E-state index contributed by atoms with van der Waals surface area (Å²) in [6.07, 6.45) is 4.97. The molecule has 3 aromatic rings. The molecule has 1 fully saturated rings. The van der Waals surface area contributed by atoms with E-state index in [1.807, 2.05) is 4.90 Å². The molecule has 2 atom stereocenters. The molecule has 9 heteroatoms. The maximum atomic E-state index is 12.2.